The Labute approximate surface area is 153 Å². The Morgan fingerprint density at radius 1 is 1.12 bits per heavy atom. The Bertz CT molecular complexity index is 773. The first kappa shape index (κ1) is 15.6. The fraction of sp³-hybridized carbons (Fsp3) is 0.476. The van der Waals surface area contributed by atoms with Crippen LogP contribution < -0.4 is 4.90 Å². The number of nitrogens with zero attached hydrogens (tertiary/aromatic N) is 2. The molecule has 0 radical (unpaired) electrons. The third-order valence-electron chi connectivity index (χ3n) is 6.25. The van der Waals surface area contributed by atoms with Crippen molar-refractivity contribution in [3.8, 4) is 0 Å². The Kier molecular flexibility index (Phi) is 3.72. The van der Waals surface area contributed by atoms with Crippen molar-refractivity contribution < 1.29 is 4.79 Å². The molecule has 2 fully saturated rings. The number of fused-ring (bicyclic) bond motifs is 2. The minimum Gasteiger partial charge on any atom is -0.303 e. The summed E-state index contributed by atoms with van der Waals surface area (Å²) in [6, 6.07) is 10.6. The minimum atomic E-state index is 0.0419. The monoisotopic (exact) mass is 352 g/mol. The lowest BCUT2D eigenvalue weighted by molar-refractivity contribution is -0.120. The zero-order valence-electron chi connectivity index (χ0n) is 14.5. The van der Waals surface area contributed by atoms with E-state index in [-0.39, 0.29) is 11.3 Å². The van der Waals surface area contributed by atoms with Crippen LogP contribution in [-0.4, -0.2) is 30.4 Å². The number of thiophene rings is 1. The molecule has 3 aliphatic rings. The van der Waals surface area contributed by atoms with Crippen molar-refractivity contribution in [1.29, 1.82) is 0 Å². The standard InChI is InChI=1S/C21H24N2OS/c24-20-13-21(8-10-22(11-9-21)14-16-5-6-16)18-3-1-2-4-19(18)23(20)17-7-12-25-15-17/h1-4,7,12,15-16H,5-6,8-11,13-14H2. The number of amides is 1. The van der Waals surface area contributed by atoms with Crippen molar-refractivity contribution in [2.45, 2.75) is 37.5 Å². The largest absolute Gasteiger partial charge is 0.303 e. The Morgan fingerprint density at radius 2 is 1.92 bits per heavy atom. The van der Waals surface area contributed by atoms with Crippen LogP contribution in [0, 0.1) is 5.92 Å². The van der Waals surface area contributed by atoms with Crippen LogP contribution in [0.4, 0.5) is 11.4 Å². The van der Waals surface area contributed by atoms with E-state index in [0.29, 0.717) is 6.42 Å². The molecule has 3 heterocycles. The van der Waals surface area contributed by atoms with Gasteiger partial charge in [-0.05, 0) is 67.8 Å². The first-order valence-electron chi connectivity index (χ1n) is 9.42. The van der Waals surface area contributed by atoms with Crippen LogP contribution in [0.15, 0.2) is 41.1 Å². The van der Waals surface area contributed by atoms with E-state index >= 15 is 0 Å². The van der Waals surface area contributed by atoms with Crippen molar-refractivity contribution in [2.24, 2.45) is 5.92 Å². The molecule has 1 aromatic carbocycles. The van der Waals surface area contributed by atoms with Gasteiger partial charge in [0.2, 0.25) is 5.91 Å². The molecular weight excluding hydrogens is 328 g/mol. The predicted octanol–water partition coefficient (Wildman–Crippen LogP) is 4.56. The highest BCUT2D eigenvalue weighted by atomic mass is 32.1. The molecule has 0 bridgehead atoms. The maximum atomic E-state index is 13.1. The number of para-hydroxylation sites is 1. The van der Waals surface area contributed by atoms with Gasteiger partial charge in [-0.1, -0.05) is 18.2 Å². The molecule has 130 valence electrons. The molecule has 2 aromatic rings. The molecule has 1 saturated heterocycles. The molecule has 0 unspecified atom stereocenters. The highest BCUT2D eigenvalue weighted by Crippen LogP contribution is 2.49. The Balaban J connectivity index is 1.47. The van der Waals surface area contributed by atoms with Gasteiger partial charge in [-0.2, -0.15) is 11.3 Å². The minimum absolute atomic E-state index is 0.0419. The first-order chi connectivity index (χ1) is 12.3. The number of likely N-dealkylation sites (tertiary alicyclic amines) is 1. The van der Waals surface area contributed by atoms with E-state index in [0.717, 1.165) is 43.2 Å². The Morgan fingerprint density at radius 3 is 2.64 bits per heavy atom. The molecule has 3 nitrogen and oxygen atoms in total. The van der Waals surface area contributed by atoms with E-state index in [1.54, 1.807) is 11.3 Å². The van der Waals surface area contributed by atoms with E-state index in [1.165, 1.54) is 24.9 Å². The van der Waals surface area contributed by atoms with E-state index < -0.39 is 0 Å². The fourth-order valence-corrected chi connectivity index (χ4v) is 5.28. The summed E-state index contributed by atoms with van der Waals surface area (Å²) in [4.78, 5) is 17.7. The van der Waals surface area contributed by atoms with Crippen molar-refractivity contribution in [3.63, 3.8) is 0 Å². The lowest BCUT2D eigenvalue weighted by Gasteiger charge is -2.47. The normalized spacial score (nSPS) is 23.0. The van der Waals surface area contributed by atoms with E-state index in [4.69, 9.17) is 0 Å². The van der Waals surface area contributed by atoms with Gasteiger partial charge < -0.3 is 4.90 Å². The molecule has 1 amide bonds. The first-order valence-corrected chi connectivity index (χ1v) is 10.4. The van der Waals surface area contributed by atoms with Gasteiger partial charge in [0, 0.05) is 23.8 Å². The molecule has 1 aliphatic carbocycles. The summed E-state index contributed by atoms with van der Waals surface area (Å²) in [5.41, 5.74) is 3.54. The smallest absolute Gasteiger partial charge is 0.232 e. The molecule has 5 rings (SSSR count). The van der Waals surface area contributed by atoms with Crippen LogP contribution in [0.1, 0.15) is 37.7 Å². The number of hydrogen-bond acceptors (Lipinski definition) is 3. The third kappa shape index (κ3) is 2.72. The summed E-state index contributed by atoms with van der Waals surface area (Å²) >= 11 is 1.65. The average molecular weight is 353 g/mol. The number of rotatable bonds is 3. The van der Waals surface area contributed by atoms with Crippen molar-refractivity contribution >= 4 is 28.6 Å². The lowest BCUT2D eigenvalue weighted by atomic mass is 9.67. The van der Waals surface area contributed by atoms with E-state index in [1.807, 2.05) is 10.3 Å². The maximum Gasteiger partial charge on any atom is 0.232 e. The van der Waals surface area contributed by atoms with Gasteiger partial charge in [0.15, 0.2) is 0 Å². The molecule has 4 heteroatoms. The summed E-state index contributed by atoms with van der Waals surface area (Å²) in [5, 5.41) is 4.12. The number of piperidine rings is 1. The van der Waals surface area contributed by atoms with Gasteiger partial charge in [-0.3, -0.25) is 9.69 Å². The molecule has 1 saturated carbocycles. The van der Waals surface area contributed by atoms with Gasteiger partial charge in [0.05, 0.1) is 11.4 Å². The molecule has 0 atom stereocenters. The van der Waals surface area contributed by atoms with E-state index in [2.05, 4.69) is 40.6 Å². The highest BCUT2D eigenvalue weighted by Gasteiger charge is 2.45. The van der Waals surface area contributed by atoms with Crippen LogP contribution >= 0.6 is 11.3 Å². The number of carbonyl (C=O) groups excluding carboxylic acids is 1. The number of hydrogen-bond donors (Lipinski definition) is 0. The van der Waals surface area contributed by atoms with Crippen LogP contribution in [0.3, 0.4) is 0 Å². The molecule has 1 aromatic heterocycles. The average Bonchev–Trinajstić information content (AvgIpc) is 3.28. The molecule has 25 heavy (non-hydrogen) atoms. The Hall–Kier alpha value is -1.65. The summed E-state index contributed by atoms with van der Waals surface area (Å²) < 4.78 is 0. The SMILES string of the molecule is O=C1CC2(CCN(CC3CC3)CC2)c2ccccc2N1c1ccsc1. The maximum absolute atomic E-state index is 13.1. The molecular formula is C21H24N2OS. The second-order valence-corrected chi connectivity index (χ2v) is 8.71. The van der Waals surface area contributed by atoms with Crippen LogP contribution in [0.25, 0.3) is 0 Å². The second-order valence-electron chi connectivity index (χ2n) is 7.93. The van der Waals surface area contributed by atoms with Crippen molar-refractivity contribution in [2.75, 3.05) is 24.5 Å². The van der Waals surface area contributed by atoms with Gasteiger partial charge >= 0.3 is 0 Å². The predicted molar refractivity (Wildman–Crippen MR) is 103 cm³/mol. The molecule has 2 aliphatic heterocycles. The second kappa shape index (κ2) is 5.96. The highest BCUT2D eigenvalue weighted by molar-refractivity contribution is 7.08. The topological polar surface area (TPSA) is 23.6 Å². The van der Waals surface area contributed by atoms with Gasteiger partial charge in [0.1, 0.15) is 0 Å². The van der Waals surface area contributed by atoms with Crippen LogP contribution in [-0.2, 0) is 10.2 Å². The fourth-order valence-electron chi connectivity index (χ4n) is 4.66. The molecule has 1 spiro atoms. The zero-order chi connectivity index (χ0) is 16.9. The van der Waals surface area contributed by atoms with Gasteiger partial charge in [-0.25, -0.2) is 0 Å². The summed E-state index contributed by atoms with van der Waals surface area (Å²) in [6.45, 7) is 3.54. The van der Waals surface area contributed by atoms with Crippen LogP contribution in [0.2, 0.25) is 0 Å². The summed E-state index contributed by atoms with van der Waals surface area (Å²) in [6.07, 6.45) is 5.70. The lowest BCUT2D eigenvalue weighted by Crippen LogP contribution is -2.49. The quantitative estimate of drug-likeness (QED) is 0.808. The zero-order valence-corrected chi connectivity index (χ0v) is 15.3. The van der Waals surface area contributed by atoms with E-state index in [9.17, 15) is 4.79 Å². The van der Waals surface area contributed by atoms with Crippen molar-refractivity contribution in [1.82, 2.24) is 4.90 Å². The number of carbonyl (C=O) groups is 1. The summed E-state index contributed by atoms with van der Waals surface area (Å²) in [7, 11) is 0. The number of benzene rings is 1. The summed E-state index contributed by atoms with van der Waals surface area (Å²) in [5.74, 6) is 1.20. The third-order valence-corrected chi connectivity index (χ3v) is 6.92. The molecule has 0 N–H and O–H groups in total. The number of anilines is 2. The van der Waals surface area contributed by atoms with Gasteiger partial charge in [0.25, 0.3) is 0 Å². The van der Waals surface area contributed by atoms with Crippen LogP contribution in [0.5, 0.6) is 0 Å². The van der Waals surface area contributed by atoms with Gasteiger partial charge in [-0.15, -0.1) is 0 Å². The van der Waals surface area contributed by atoms with Crippen molar-refractivity contribution in [3.05, 3.63) is 46.7 Å².